The van der Waals surface area contributed by atoms with Gasteiger partial charge < -0.3 is 5.32 Å². The zero-order chi connectivity index (χ0) is 11.3. The van der Waals surface area contributed by atoms with E-state index in [0.717, 1.165) is 25.1 Å². The first-order valence-corrected chi connectivity index (χ1v) is 5.76. The summed E-state index contributed by atoms with van der Waals surface area (Å²) >= 11 is 0. The van der Waals surface area contributed by atoms with Gasteiger partial charge in [-0.05, 0) is 38.3 Å². The smallest absolute Gasteiger partial charge is 0.0372 e. The maximum atomic E-state index is 4.29. The van der Waals surface area contributed by atoms with E-state index in [1.807, 2.05) is 13.1 Å². The molecule has 0 radical (unpaired) electrons. The summed E-state index contributed by atoms with van der Waals surface area (Å²) in [5.41, 5.74) is 2.59. The first-order valence-electron chi connectivity index (χ1n) is 5.76. The second kappa shape index (κ2) is 5.26. The average Bonchev–Trinajstić information content (AvgIpc) is 2.28. The van der Waals surface area contributed by atoms with Gasteiger partial charge in [0.1, 0.15) is 0 Å². The molecule has 0 aliphatic heterocycles. The third kappa shape index (κ3) is 3.63. The molecule has 0 aliphatic rings. The number of aryl methyl sites for hydroxylation is 1. The van der Waals surface area contributed by atoms with Crippen molar-refractivity contribution < 1.29 is 0 Å². The van der Waals surface area contributed by atoms with Crippen molar-refractivity contribution in [2.75, 3.05) is 0 Å². The fraction of sp³-hybridized carbons (Fsp3) is 0.615. The molecule has 0 saturated heterocycles. The fourth-order valence-corrected chi connectivity index (χ4v) is 1.42. The van der Waals surface area contributed by atoms with Crippen molar-refractivity contribution in [2.45, 2.75) is 52.6 Å². The van der Waals surface area contributed by atoms with Gasteiger partial charge in [-0.25, -0.2) is 0 Å². The maximum Gasteiger partial charge on any atom is 0.0372 e. The molecule has 0 aromatic carbocycles. The van der Waals surface area contributed by atoms with Crippen LogP contribution in [0.1, 0.15) is 44.9 Å². The van der Waals surface area contributed by atoms with Gasteiger partial charge in [0.25, 0.3) is 0 Å². The van der Waals surface area contributed by atoms with Crippen molar-refractivity contribution in [3.63, 3.8) is 0 Å². The minimum Gasteiger partial charge on any atom is -0.307 e. The summed E-state index contributed by atoms with van der Waals surface area (Å²) in [6.07, 6.45) is 4.26. The lowest BCUT2D eigenvalue weighted by Crippen LogP contribution is -2.40. The Morgan fingerprint density at radius 2 is 1.93 bits per heavy atom. The number of hydrogen-bond donors (Lipinski definition) is 1. The standard InChI is InChI=1S/C13H22N2/c1-5-13(4,6-2)15-10-12-8-7-11(3)14-9-12/h7-9,15H,5-6,10H2,1-4H3. The maximum absolute atomic E-state index is 4.29. The lowest BCUT2D eigenvalue weighted by atomic mass is 9.95. The van der Waals surface area contributed by atoms with Gasteiger partial charge in [0.15, 0.2) is 0 Å². The molecule has 1 aromatic heterocycles. The zero-order valence-electron chi connectivity index (χ0n) is 10.3. The van der Waals surface area contributed by atoms with Gasteiger partial charge >= 0.3 is 0 Å². The first kappa shape index (κ1) is 12.2. The lowest BCUT2D eigenvalue weighted by Gasteiger charge is -2.28. The largest absolute Gasteiger partial charge is 0.307 e. The average molecular weight is 206 g/mol. The topological polar surface area (TPSA) is 24.9 Å². The van der Waals surface area contributed by atoms with Crippen LogP contribution in [0.2, 0.25) is 0 Å². The van der Waals surface area contributed by atoms with E-state index < -0.39 is 0 Å². The molecule has 0 spiro atoms. The Labute approximate surface area is 93.1 Å². The van der Waals surface area contributed by atoms with Gasteiger partial charge in [0.2, 0.25) is 0 Å². The minimum absolute atomic E-state index is 0.255. The quantitative estimate of drug-likeness (QED) is 0.801. The summed E-state index contributed by atoms with van der Waals surface area (Å²) in [5, 5.41) is 3.59. The fourth-order valence-electron chi connectivity index (χ4n) is 1.42. The van der Waals surface area contributed by atoms with E-state index in [2.05, 4.69) is 43.2 Å². The molecule has 0 fully saturated rings. The van der Waals surface area contributed by atoms with Crippen LogP contribution in [0, 0.1) is 6.92 Å². The molecule has 84 valence electrons. The molecule has 0 bridgehead atoms. The molecule has 0 amide bonds. The van der Waals surface area contributed by atoms with Gasteiger partial charge in [-0.1, -0.05) is 19.9 Å². The Morgan fingerprint density at radius 3 is 2.40 bits per heavy atom. The first-order chi connectivity index (χ1) is 7.09. The molecular weight excluding hydrogens is 184 g/mol. The SMILES string of the molecule is CCC(C)(CC)NCc1ccc(C)nc1. The molecule has 2 nitrogen and oxygen atoms in total. The van der Waals surface area contributed by atoms with Gasteiger partial charge in [0.05, 0.1) is 0 Å². The highest BCUT2D eigenvalue weighted by atomic mass is 15.0. The third-order valence-corrected chi connectivity index (χ3v) is 3.25. The highest BCUT2D eigenvalue weighted by Crippen LogP contribution is 2.14. The van der Waals surface area contributed by atoms with Gasteiger partial charge in [-0.15, -0.1) is 0 Å². The van der Waals surface area contributed by atoms with Crippen LogP contribution in [-0.4, -0.2) is 10.5 Å². The highest BCUT2D eigenvalue weighted by molar-refractivity contribution is 5.13. The van der Waals surface area contributed by atoms with Crippen LogP contribution in [0.5, 0.6) is 0 Å². The summed E-state index contributed by atoms with van der Waals surface area (Å²) in [7, 11) is 0. The number of rotatable bonds is 5. The Morgan fingerprint density at radius 1 is 1.27 bits per heavy atom. The Hall–Kier alpha value is -0.890. The predicted molar refractivity (Wildman–Crippen MR) is 64.8 cm³/mol. The van der Waals surface area contributed by atoms with Gasteiger partial charge in [-0.2, -0.15) is 0 Å². The summed E-state index contributed by atoms with van der Waals surface area (Å²) in [4.78, 5) is 4.29. The second-order valence-corrected chi connectivity index (χ2v) is 4.43. The van der Waals surface area contributed by atoms with Gasteiger partial charge in [-0.3, -0.25) is 4.98 Å². The van der Waals surface area contributed by atoms with Crippen molar-refractivity contribution >= 4 is 0 Å². The van der Waals surface area contributed by atoms with Crippen LogP contribution < -0.4 is 5.32 Å². The number of nitrogens with zero attached hydrogens (tertiary/aromatic N) is 1. The van der Waals surface area contributed by atoms with E-state index in [9.17, 15) is 0 Å². The summed E-state index contributed by atoms with van der Waals surface area (Å²) in [6, 6.07) is 4.20. The predicted octanol–water partition coefficient (Wildman–Crippen LogP) is 3.06. The Balaban J connectivity index is 2.53. The Bertz CT molecular complexity index is 286. The molecule has 1 aromatic rings. The molecule has 15 heavy (non-hydrogen) atoms. The molecule has 1 rings (SSSR count). The van der Waals surface area contributed by atoms with Crippen LogP contribution in [0.25, 0.3) is 0 Å². The normalized spacial score (nSPS) is 11.7. The molecule has 2 heteroatoms. The van der Waals surface area contributed by atoms with Crippen LogP contribution in [0.15, 0.2) is 18.3 Å². The molecule has 1 N–H and O–H groups in total. The van der Waals surface area contributed by atoms with Gasteiger partial charge in [0, 0.05) is 24.0 Å². The number of pyridine rings is 1. The molecule has 0 unspecified atom stereocenters. The molecule has 0 atom stereocenters. The van der Waals surface area contributed by atoms with Crippen molar-refractivity contribution in [2.24, 2.45) is 0 Å². The Kier molecular flexibility index (Phi) is 4.28. The second-order valence-electron chi connectivity index (χ2n) is 4.43. The third-order valence-electron chi connectivity index (χ3n) is 3.25. The van der Waals surface area contributed by atoms with Crippen LogP contribution in [0.3, 0.4) is 0 Å². The lowest BCUT2D eigenvalue weighted by molar-refractivity contribution is 0.329. The van der Waals surface area contributed by atoms with Crippen LogP contribution in [0.4, 0.5) is 0 Å². The van der Waals surface area contributed by atoms with Crippen molar-refractivity contribution in [3.05, 3.63) is 29.6 Å². The summed E-state index contributed by atoms with van der Waals surface area (Å²) < 4.78 is 0. The molecular formula is C13H22N2. The number of nitrogens with one attached hydrogen (secondary N) is 1. The van der Waals surface area contributed by atoms with E-state index in [0.29, 0.717) is 0 Å². The van der Waals surface area contributed by atoms with Crippen molar-refractivity contribution in [3.8, 4) is 0 Å². The summed E-state index contributed by atoms with van der Waals surface area (Å²) in [6.45, 7) is 9.65. The van der Waals surface area contributed by atoms with Crippen molar-refractivity contribution in [1.82, 2.24) is 10.3 Å². The monoisotopic (exact) mass is 206 g/mol. The van der Waals surface area contributed by atoms with Crippen LogP contribution >= 0.6 is 0 Å². The molecule has 0 aliphatic carbocycles. The minimum atomic E-state index is 0.255. The van der Waals surface area contributed by atoms with Crippen LogP contribution in [-0.2, 0) is 6.54 Å². The van der Waals surface area contributed by atoms with E-state index >= 15 is 0 Å². The van der Waals surface area contributed by atoms with E-state index in [1.54, 1.807) is 0 Å². The number of hydrogen-bond acceptors (Lipinski definition) is 2. The van der Waals surface area contributed by atoms with Crippen molar-refractivity contribution in [1.29, 1.82) is 0 Å². The number of aromatic nitrogens is 1. The molecule has 1 heterocycles. The van der Waals surface area contributed by atoms with E-state index in [-0.39, 0.29) is 5.54 Å². The zero-order valence-corrected chi connectivity index (χ0v) is 10.3. The van der Waals surface area contributed by atoms with E-state index in [1.165, 1.54) is 5.56 Å². The molecule has 0 saturated carbocycles. The van der Waals surface area contributed by atoms with E-state index in [4.69, 9.17) is 0 Å². The summed E-state index contributed by atoms with van der Waals surface area (Å²) in [5.74, 6) is 0. The highest BCUT2D eigenvalue weighted by Gasteiger charge is 2.17.